The van der Waals surface area contributed by atoms with Crippen LogP contribution in [0.5, 0.6) is 0 Å². The molecule has 0 aromatic rings. The van der Waals surface area contributed by atoms with Gasteiger partial charge in [-0.05, 0) is 57.8 Å². The Hall–Kier alpha value is -1.80. The Kier molecular flexibility index (Phi) is 46.9. The first-order chi connectivity index (χ1) is 32.0. The van der Waals surface area contributed by atoms with E-state index in [1.165, 1.54) is 128 Å². The molecule has 0 saturated carbocycles. The van der Waals surface area contributed by atoms with Crippen molar-refractivity contribution in [3.8, 4) is 0 Å². The van der Waals surface area contributed by atoms with Crippen LogP contribution >= 0.6 is 7.82 Å². The number of quaternary nitrogens is 1. The average molecular weight is 947 g/mol. The first-order valence-electron chi connectivity index (χ1n) is 27.6. The Bertz CT molecular complexity index is 1260. The summed E-state index contributed by atoms with van der Waals surface area (Å²) >= 11 is 0. The molecular formula is C57H107N2O6P. The second-order valence-corrected chi connectivity index (χ2v) is 21.3. The van der Waals surface area contributed by atoms with Crippen LogP contribution in [0.2, 0.25) is 0 Å². The van der Waals surface area contributed by atoms with Crippen molar-refractivity contribution in [2.24, 2.45) is 0 Å². The van der Waals surface area contributed by atoms with Crippen LogP contribution < -0.4 is 10.2 Å². The lowest BCUT2D eigenvalue weighted by molar-refractivity contribution is -0.870. The van der Waals surface area contributed by atoms with Crippen LogP contribution in [0.25, 0.3) is 0 Å². The lowest BCUT2D eigenvalue weighted by atomic mass is 10.0. The summed E-state index contributed by atoms with van der Waals surface area (Å²) in [6, 6.07) is -0.815. The molecule has 66 heavy (non-hydrogen) atoms. The molecule has 0 fully saturated rings. The zero-order chi connectivity index (χ0) is 48.5. The number of unbranched alkanes of at least 4 members (excludes halogenated alkanes) is 27. The van der Waals surface area contributed by atoms with Crippen LogP contribution in [0, 0.1) is 0 Å². The predicted octanol–water partition coefficient (Wildman–Crippen LogP) is 15.9. The summed E-state index contributed by atoms with van der Waals surface area (Å²) < 4.78 is 23.4. The second kappa shape index (κ2) is 48.2. The molecule has 0 aromatic heterocycles. The van der Waals surface area contributed by atoms with E-state index in [2.05, 4.69) is 79.9 Å². The molecule has 9 heteroatoms. The van der Waals surface area contributed by atoms with Gasteiger partial charge in [0.2, 0.25) is 5.91 Å². The van der Waals surface area contributed by atoms with E-state index in [-0.39, 0.29) is 19.1 Å². The molecule has 386 valence electrons. The summed E-state index contributed by atoms with van der Waals surface area (Å²) in [7, 11) is 1.29. The molecule has 3 atom stereocenters. The van der Waals surface area contributed by atoms with Crippen molar-refractivity contribution in [3.63, 3.8) is 0 Å². The van der Waals surface area contributed by atoms with Gasteiger partial charge in [0, 0.05) is 6.42 Å². The zero-order valence-corrected chi connectivity index (χ0v) is 44.8. The molecule has 0 aliphatic heterocycles. The highest BCUT2D eigenvalue weighted by Crippen LogP contribution is 2.38. The SMILES string of the molecule is CC/C=C\C/C=C\C/C=C\C/C=C\C/C=C\CCCCCCCC(=O)NC(COP(=O)([O-])OCC[N+](C)(C)C)C(O)CCCCCCCCCCCCCCCCCCCCCCCCC. The molecule has 3 unspecified atom stereocenters. The molecule has 0 aromatic carbocycles. The van der Waals surface area contributed by atoms with Gasteiger partial charge in [0.25, 0.3) is 7.82 Å². The molecule has 2 N–H and O–H groups in total. The van der Waals surface area contributed by atoms with Crippen molar-refractivity contribution in [2.75, 3.05) is 40.9 Å². The second-order valence-electron chi connectivity index (χ2n) is 19.9. The van der Waals surface area contributed by atoms with Crippen LogP contribution in [0.3, 0.4) is 0 Å². The van der Waals surface area contributed by atoms with E-state index in [9.17, 15) is 19.4 Å². The van der Waals surface area contributed by atoms with Crippen molar-refractivity contribution in [1.82, 2.24) is 5.32 Å². The summed E-state index contributed by atoms with van der Waals surface area (Å²) in [6.45, 7) is 4.61. The largest absolute Gasteiger partial charge is 0.756 e. The van der Waals surface area contributed by atoms with Crippen LogP contribution in [-0.2, 0) is 18.4 Å². The summed E-state index contributed by atoms with van der Waals surface area (Å²) in [5.74, 6) is -0.183. The van der Waals surface area contributed by atoms with Crippen molar-refractivity contribution in [1.29, 1.82) is 0 Å². The fraction of sp³-hybridized carbons (Fsp3) is 0.807. The van der Waals surface area contributed by atoms with Gasteiger partial charge in [-0.3, -0.25) is 9.36 Å². The van der Waals surface area contributed by atoms with Gasteiger partial charge in [-0.25, -0.2) is 0 Å². The first-order valence-corrected chi connectivity index (χ1v) is 29.1. The number of likely N-dealkylation sites (N-methyl/N-ethyl adjacent to an activating group) is 1. The fourth-order valence-electron chi connectivity index (χ4n) is 7.95. The number of amides is 1. The van der Waals surface area contributed by atoms with Crippen LogP contribution in [0.4, 0.5) is 0 Å². The highest BCUT2D eigenvalue weighted by molar-refractivity contribution is 7.45. The normalized spacial score (nSPS) is 14.5. The quantitative estimate of drug-likeness (QED) is 0.0272. The third-order valence-electron chi connectivity index (χ3n) is 12.3. The van der Waals surface area contributed by atoms with E-state index >= 15 is 0 Å². The number of carbonyl (C=O) groups is 1. The number of phosphoric acid groups is 1. The van der Waals surface area contributed by atoms with Crippen molar-refractivity contribution >= 4 is 13.7 Å². The summed E-state index contributed by atoms with van der Waals surface area (Å²) in [4.78, 5) is 25.5. The van der Waals surface area contributed by atoms with Gasteiger partial charge < -0.3 is 28.8 Å². The third kappa shape index (κ3) is 50.1. The molecule has 1 amide bonds. The monoisotopic (exact) mass is 947 g/mol. The number of hydrogen-bond acceptors (Lipinski definition) is 6. The van der Waals surface area contributed by atoms with E-state index < -0.39 is 20.0 Å². The minimum absolute atomic E-state index is 0.00564. The maximum Gasteiger partial charge on any atom is 0.268 e. The Labute approximate surface area is 409 Å². The smallest absolute Gasteiger partial charge is 0.268 e. The maximum atomic E-state index is 13.0. The van der Waals surface area contributed by atoms with Gasteiger partial charge in [-0.1, -0.05) is 242 Å². The van der Waals surface area contributed by atoms with Crippen molar-refractivity contribution in [2.45, 2.75) is 257 Å². The lowest BCUT2D eigenvalue weighted by Crippen LogP contribution is -2.46. The number of nitrogens with zero attached hydrogens (tertiary/aromatic N) is 1. The highest BCUT2D eigenvalue weighted by Gasteiger charge is 2.24. The standard InChI is InChI=1S/C57H107N2O6P/c1-6-8-10-12-14-16-18-20-22-24-26-28-29-31-32-34-36-38-40-42-44-46-48-50-56(60)55(54-65-66(62,63)64-53-52-59(3,4)5)58-57(61)51-49-47-45-43-41-39-37-35-33-30-27-25-23-21-19-17-15-13-11-9-7-2/h9,11,15,17,21,23,27,30,35,37,55-56,60H,6-8,10,12-14,16,18-20,22,24-26,28-29,31-34,36,38-54H2,1-5H3,(H-,58,61,62,63)/b11-9-,17-15-,23-21-,30-27-,37-35-. The van der Waals surface area contributed by atoms with Gasteiger partial charge in [0.1, 0.15) is 13.2 Å². The topological polar surface area (TPSA) is 108 Å². The average Bonchev–Trinajstić information content (AvgIpc) is 3.28. The van der Waals surface area contributed by atoms with E-state index in [0.29, 0.717) is 23.9 Å². The summed E-state index contributed by atoms with van der Waals surface area (Å²) in [5, 5.41) is 14.0. The number of hydrogen-bond donors (Lipinski definition) is 2. The molecule has 0 radical (unpaired) electrons. The fourth-order valence-corrected chi connectivity index (χ4v) is 8.67. The van der Waals surface area contributed by atoms with Crippen molar-refractivity contribution < 1.29 is 32.9 Å². The minimum Gasteiger partial charge on any atom is -0.756 e. The zero-order valence-electron chi connectivity index (χ0n) is 43.9. The number of nitrogens with one attached hydrogen (secondary N) is 1. The Morgan fingerprint density at radius 2 is 0.924 bits per heavy atom. The molecule has 0 aliphatic rings. The first kappa shape index (κ1) is 64.2. The molecular weight excluding hydrogens is 840 g/mol. The van der Waals surface area contributed by atoms with Crippen LogP contribution in [0.1, 0.15) is 245 Å². The molecule has 8 nitrogen and oxygen atoms in total. The van der Waals surface area contributed by atoms with Gasteiger partial charge in [0.15, 0.2) is 0 Å². The van der Waals surface area contributed by atoms with E-state index in [1.54, 1.807) is 0 Å². The molecule has 0 rings (SSSR count). The van der Waals surface area contributed by atoms with Gasteiger partial charge in [0.05, 0.1) is 39.9 Å². The molecule has 0 saturated heterocycles. The predicted molar refractivity (Wildman–Crippen MR) is 284 cm³/mol. The lowest BCUT2D eigenvalue weighted by Gasteiger charge is -2.30. The molecule has 0 spiro atoms. The van der Waals surface area contributed by atoms with E-state index in [1.807, 2.05) is 21.1 Å². The minimum atomic E-state index is -4.58. The third-order valence-corrected chi connectivity index (χ3v) is 13.2. The number of phosphoric ester groups is 1. The number of rotatable bonds is 50. The maximum absolute atomic E-state index is 13.0. The van der Waals surface area contributed by atoms with Gasteiger partial charge in [-0.15, -0.1) is 0 Å². The van der Waals surface area contributed by atoms with E-state index in [4.69, 9.17) is 9.05 Å². The number of aliphatic hydroxyl groups excluding tert-OH is 1. The number of allylic oxidation sites excluding steroid dienone is 10. The Morgan fingerprint density at radius 1 is 0.545 bits per heavy atom. The summed E-state index contributed by atoms with van der Waals surface area (Å²) in [5.41, 5.74) is 0. The van der Waals surface area contributed by atoms with Crippen LogP contribution in [0.15, 0.2) is 60.8 Å². The number of carbonyl (C=O) groups excluding carboxylic acids is 1. The summed E-state index contributed by atoms with van der Waals surface area (Å²) in [6.07, 6.45) is 63.8. The van der Waals surface area contributed by atoms with E-state index in [0.717, 1.165) is 89.9 Å². The number of aliphatic hydroxyl groups is 1. The van der Waals surface area contributed by atoms with Gasteiger partial charge >= 0.3 is 0 Å². The van der Waals surface area contributed by atoms with Crippen LogP contribution in [-0.4, -0.2) is 68.5 Å². The van der Waals surface area contributed by atoms with Gasteiger partial charge in [-0.2, -0.15) is 0 Å². The molecule has 0 heterocycles. The molecule has 0 aliphatic carbocycles. The van der Waals surface area contributed by atoms with Crippen molar-refractivity contribution in [3.05, 3.63) is 60.8 Å². The Balaban J connectivity index is 4.25. The highest BCUT2D eigenvalue weighted by atomic mass is 31.2. The Morgan fingerprint density at radius 3 is 1.35 bits per heavy atom. The molecule has 0 bridgehead atoms.